The van der Waals surface area contributed by atoms with Crippen molar-refractivity contribution < 1.29 is 13.2 Å². The summed E-state index contributed by atoms with van der Waals surface area (Å²) in [5.41, 5.74) is 7.49. The molecule has 0 saturated carbocycles. The van der Waals surface area contributed by atoms with Gasteiger partial charge in [-0.15, -0.1) is 12.4 Å². The van der Waals surface area contributed by atoms with Crippen LogP contribution in [0.3, 0.4) is 0 Å². The number of nitrogens with one attached hydrogen (secondary N) is 1. The minimum Gasteiger partial charge on any atom is -0.382 e. The number of sulfonamides is 1. The summed E-state index contributed by atoms with van der Waals surface area (Å²) in [6.45, 7) is 2.31. The molecule has 0 radical (unpaired) electrons. The van der Waals surface area contributed by atoms with E-state index < -0.39 is 15.9 Å². The van der Waals surface area contributed by atoms with Gasteiger partial charge in [-0.2, -0.15) is 4.31 Å². The van der Waals surface area contributed by atoms with Gasteiger partial charge in [-0.05, 0) is 47.2 Å². The van der Waals surface area contributed by atoms with Crippen LogP contribution >= 0.6 is 28.3 Å². The fourth-order valence-corrected chi connectivity index (χ4v) is 5.23. The van der Waals surface area contributed by atoms with E-state index in [2.05, 4.69) is 36.1 Å². The van der Waals surface area contributed by atoms with Crippen LogP contribution in [0.4, 0.5) is 11.5 Å². The fraction of sp³-hybridized carbons (Fsp3) is 0.227. The van der Waals surface area contributed by atoms with Crippen molar-refractivity contribution >= 4 is 55.8 Å². The van der Waals surface area contributed by atoms with E-state index in [1.54, 1.807) is 42.5 Å². The molecule has 3 aromatic rings. The Bertz CT molecular complexity index is 1280. The highest BCUT2D eigenvalue weighted by molar-refractivity contribution is 9.10. The van der Waals surface area contributed by atoms with Gasteiger partial charge in [0.2, 0.25) is 10.0 Å². The Morgan fingerprint density at radius 1 is 1.06 bits per heavy atom. The summed E-state index contributed by atoms with van der Waals surface area (Å²) < 4.78 is 28.1. The molecule has 1 saturated heterocycles. The Kier molecular flexibility index (Phi) is 8.26. The molecule has 1 aromatic heterocycles. The second-order valence-corrected chi connectivity index (χ2v) is 10.4. The lowest BCUT2D eigenvalue weighted by atomic mass is 10.1. The van der Waals surface area contributed by atoms with Crippen LogP contribution in [0.2, 0.25) is 0 Å². The average Bonchev–Trinajstić information content (AvgIpc) is 2.81. The van der Waals surface area contributed by atoms with E-state index in [0.717, 1.165) is 4.47 Å². The zero-order chi connectivity index (χ0) is 23.6. The number of nitrogens with two attached hydrogens (primary N) is 1. The lowest BCUT2D eigenvalue weighted by Gasteiger charge is -2.31. The molecule has 1 amide bonds. The lowest BCUT2D eigenvalue weighted by Crippen LogP contribution is -2.46. The highest BCUT2D eigenvalue weighted by atomic mass is 79.9. The van der Waals surface area contributed by atoms with Gasteiger partial charge in [0.15, 0.2) is 11.5 Å². The highest BCUT2D eigenvalue weighted by Crippen LogP contribution is 2.25. The van der Waals surface area contributed by atoms with Gasteiger partial charge in [0.1, 0.15) is 0 Å². The normalized spacial score (nSPS) is 14.9. The third kappa shape index (κ3) is 5.56. The first kappa shape index (κ1) is 26.0. The number of hydrogen-bond donors (Lipinski definition) is 2. The van der Waals surface area contributed by atoms with Crippen molar-refractivity contribution in [2.75, 3.05) is 44.3 Å². The third-order valence-corrected chi connectivity index (χ3v) is 7.99. The number of hydrogen-bond acceptors (Lipinski definition) is 7. The zero-order valence-electron chi connectivity index (χ0n) is 18.3. The minimum atomic E-state index is -3.57. The number of likely N-dealkylation sites (N-methyl/N-ethyl adjacent to an activating group) is 1. The van der Waals surface area contributed by atoms with E-state index in [9.17, 15) is 13.2 Å². The Morgan fingerprint density at radius 2 is 1.71 bits per heavy atom. The molecule has 9 nitrogen and oxygen atoms in total. The summed E-state index contributed by atoms with van der Waals surface area (Å²) in [4.78, 5) is 23.5. The molecule has 4 rings (SSSR count). The number of anilines is 2. The van der Waals surface area contributed by atoms with Gasteiger partial charge in [0, 0.05) is 36.2 Å². The van der Waals surface area contributed by atoms with Crippen molar-refractivity contribution in [1.82, 2.24) is 19.2 Å². The second kappa shape index (κ2) is 10.8. The Morgan fingerprint density at radius 3 is 2.35 bits per heavy atom. The molecule has 0 bridgehead atoms. The molecule has 12 heteroatoms. The molecule has 0 unspecified atom stereocenters. The van der Waals surface area contributed by atoms with E-state index in [-0.39, 0.29) is 28.8 Å². The van der Waals surface area contributed by atoms with Crippen molar-refractivity contribution in [2.24, 2.45) is 0 Å². The number of carbonyl (C=O) groups is 1. The first-order valence-electron chi connectivity index (χ1n) is 10.2. The smallest absolute Gasteiger partial charge is 0.278 e. The fourth-order valence-electron chi connectivity index (χ4n) is 3.42. The molecular weight excluding hydrogens is 544 g/mol. The number of rotatable bonds is 5. The maximum atomic E-state index is 12.9. The number of halogens is 2. The number of carbonyl (C=O) groups excluding carboxylic acids is 1. The van der Waals surface area contributed by atoms with Gasteiger partial charge in [0.25, 0.3) is 5.91 Å². The predicted octanol–water partition coefficient (Wildman–Crippen LogP) is 3.10. The van der Waals surface area contributed by atoms with Gasteiger partial charge < -0.3 is 16.0 Å². The number of piperazine rings is 1. The molecule has 34 heavy (non-hydrogen) atoms. The molecule has 1 aliphatic rings. The van der Waals surface area contributed by atoms with Crippen molar-refractivity contribution in [1.29, 1.82) is 0 Å². The van der Waals surface area contributed by atoms with Crippen LogP contribution in [-0.4, -0.2) is 66.7 Å². The Labute approximate surface area is 213 Å². The highest BCUT2D eigenvalue weighted by Gasteiger charge is 2.27. The molecule has 2 aromatic carbocycles. The quantitative estimate of drug-likeness (QED) is 0.486. The molecule has 180 valence electrons. The number of amides is 1. The van der Waals surface area contributed by atoms with E-state index in [1.807, 2.05) is 13.1 Å². The topological polar surface area (TPSA) is 122 Å². The van der Waals surface area contributed by atoms with Gasteiger partial charge in [-0.1, -0.05) is 24.3 Å². The molecule has 2 heterocycles. The summed E-state index contributed by atoms with van der Waals surface area (Å²) in [6, 6.07) is 13.6. The molecule has 0 atom stereocenters. The van der Waals surface area contributed by atoms with Crippen molar-refractivity contribution in [2.45, 2.75) is 4.90 Å². The Balaban J connectivity index is 0.00000324. The predicted molar refractivity (Wildman–Crippen MR) is 137 cm³/mol. The van der Waals surface area contributed by atoms with Crippen LogP contribution in [0, 0.1) is 0 Å². The molecule has 1 aliphatic heterocycles. The number of aromatic nitrogens is 2. The maximum absolute atomic E-state index is 12.9. The average molecular weight is 568 g/mol. The first-order chi connectivity index (χ1) is 15.8. The number of benzene rings is 2. The summed E-state index contributed by atoms with van der Waals surface area (Å²) in [7, 11) is -1.60. The standard InChI is InChI=1S/C22H23BrN6O3S.ClH/c1-28-10-12-29(13-11-28)33(31,32)16-8-6-15(7-9-16)19-14-25-21(24)20(26-19)22(30)27-18-5-3-2-4-17(18)23;/h2-9,14H,10-13H2,1H3,(H2,24,25)(H,27,30);1H. The maximum Gasteiger partial charge on any atom is 0.278 e. The van der Waals surface area contributed by atoms with E-state index in [0.29, 0.717) is 43.1 Å². The Hall–Kier alpha value is -2.57. The van der Waals surface area contributed by atoms with E-state index in [4.69, 9.17) is 5.73 Å². The number of nitrogens with zero attached hydrogens (tertiary/aromatic N) is 4. The van der Waals surface area contributed by atoms with Crippen LogP contribution in [0.15, 0.2) is 64.1 Å². The van der Waals surface area contributed by atoms with Crippen molar-refractivity contribution in [3.63, 3.8) is 0 Å². The molecule has 0 spiro atoms. The largest absolute Gasteiger partial charge is 0.382 e. The summed E-state index contributed by atoms with van der Waals surface area (Å²) in [5.74, 6) is -0.499. The minimum absolute atomic E-state index is 0. The van der Waals surface area contributed by atoms with Crippen LogP contribution in [0.1, 0.15) is 10.5 Å². The van der Waals surface area contributed by atoms with Gasteiger partial charge in [-0.25, -0.2) is 18.4 Å². The number of nitrogen functional groups attached to an aromatic ring is 1. The monoisotopic (exact) mass is 566 g/mol. The van der Waals surface area contributed by atoms with Crippen LogP contribution < -0.4 is 11.1 Å². The molecular formula is C22H24BrClN6O3S. The summed E-state index contributed by atoms with van der Waals surface area (Å²) in [6.07, 6.45) is 1.45. The lowest BCUT2D eigenvalue weighted by molar-refractivity contribution is 0.102. The van der Waals surface area contributed by atoms with Gasteiger partial charge >= 0.3 is 0 Å². The van der Waals surface area contributed by atoms with Crippen LogP contribution in [-0.2, 0) is 10.0 Å². The first-order valence-corrected chi connectivity index (χ1v) is 12.5. The van der Waals surface area contributed by atoms with Crippen LogP contribution in [0.5, 0.6) is 0 Å². The van der Waals surface area contributed by atoms with Crippen LogP contribution in [0.25, 0.3) is 11.3 Å². The third-order valence-electron chi connectivity index (χ3n) is 5.39. The van der Waals surface area contributed by atoms with Gasteiger partial charge in [0.05, 0.1) is 22.5 Å². The van der Waals surface area contributed by atoms with E-state index in [1.165, 1.54) is 10.5 Å². The molecule has 0 aliphatic carbocycles. The number of para-hydroxylation sites is 1. The van der Waals surface area contributed by atoms with Gasteiger partial charge in [-0.3, -0.25) is 4.79 Å². The van der Waals surface area contributed by atoms with Crippen molar-refractivity contribution in [3.8, 4) is 11.3 Å². The molecule has 1 fully saturated rings. The zero-order valence-corrected chi connectivity index (χ0v) is 21.5. The summed E-state index contributed by atoms with van der Waals surface area (Å²) in [5, 5.41) is 2.76. The van der Waals surface area contributed by atoms with Crippen molar-refractivity contribution in [3.05, 3.63) is 64.9 Å². The van der Waals surface area contributed by atoms with E-state index >= 15 is 0 Å². The SMILES string of the molecule is CN1CCN(S(=O)(=O)c2ccc(-c3cnc(N)c(C(=O)Nc4ccccc4Br)n3)cc2)CC1.Cl. The molecule has 3 N–H and O–H groups in total. The summed E-state index contributed by atoms with van der Waals surface area (Å²) >= 11 is 3.38. The second-order valence-electron chi connectivity index (χ2n) is 7.65.